The molecule has 84 valence electrons. The second-order valence-electron chi connectivity index (χ2n) is 3.59. The predicted octanol–water partition coefficient (Wildman–Crippen LogP) is 0.182. The Morgan fingerprint density at radius 2 is 2.21 bits per heavy atom. The first-order valence-electron chi connectivity index (χ1n) is 5.31. The van der Waals surface area contributed by atoms with Gasteiger partial charge in [0.1, 0.15) is 0 Å². The Kier molecular flexibility index (Phi) is 7.42. The average molecular weight is 201 g/mol. The van der Waals surface area contributed by atoms with E-state index in [1.165, 1.54) is 0 Å². The van der Waals surface area contributed by atoms with Crippen molar-refractivity contribution >= 4 is 5.91 Å². The number of nitrogens with zero attached hydrogens (tertiary/aromatic N) is 1. The first kappa shape index (κ1) is 13.4. The molecule has 0 bridgehead atoms. The van der Waals surface area contributed by atoms with Gasteiger partial charge in [0, 0.05) is 6.54 Å². The minimum absolute atomic E-state index is 0.0619. The molecule has 0 aromatic carbocycles. The van der Waals surface area contributed by atoms with E-state index in [1.54, 1.807) is 0 Å². The molecule has 1 unspecified atom stereocenters. The van der Waals surface area contributed by atoms with Crippen LogP contribution in [-0.2, 0) is 4.79 Å². The van der Waals surface area contributed by atoms with Gasteiger partial charge in [-0.15, -0.1) is 0 Å². The Morgan fingerprint density at radius 3 is 2.71 bits per heavy atom. The fraction of sp³-hybridized carbons (Fsp3) is 0.900. The molecule has 1 atom stereocenters. The van der Waals surface area contributed by atoms with Crippen LogP contribution in [0.15, 0.2) is 0 Å². The van der Waals surface area contributed by atoms with E-state index in [4.69, 9.17) is 5.73 Å². The SMILES string of the molecule is CCCNC(=O)C(C)N(C)CCCN. The lowest BCUT2D eigenvalue weighted by Crippen LogP contribution is -2.44. The molecule has 0 heterocycles. The Hall–Kier alpha value is -0.610. The maximum Gasteiger partial charge on any atom is 0.237 e. The van der Waals surface area contributed by atoms with Crippen LogP contribution in [0.1, 0.15) is 26.7 Å². The van der Waals surface area contributed by atoms with Gasteiger partial charge in [0.15, 0.2) is 0 Å². The number of amides is 1. The van der Waals surface area contributed by atoms with Gasteiger partial charge in [-0.05, 0) is 39.9 Å². The van der Waals surface area contributed by atoms with Crippen LogP contribution in [0.3, 0.4) is 0 Å². The molecule has 14 heavy (non-hydrogen) atoms. The van der Waals surface area contributed by atoms with Crippen molar-refractivity contribution in [3.63, 3.8) is 0 Å². The number of hydrogen-bond acceptors (Lipinski definition) is 3. The molecule has 0 aliphatic rings. The highest BCUT2D eigenvalue weighted by Gasteiger charge is 2.16. The molecule has 3 N–H and O–H groups in total. The van der Waals surface area contributed by atoms with Gasteiger partial charge in [0.2, 0.25) is 5.91 Å². The van der Waals surface area contributed by atoms with Crippen molar-refractivity contribution < 1.29 is 4.79 Å². The molecule has 0 saturated carbocycles. The van der Waals surface area contributed by atoms with E-state index in [9.17, 15) is 4.79 Å². The monoisotopic (exact) mass is 201 g/mol. The van der Waals surface area contributed by atoms with E-state index in [0.29, 0.717) is 6.54 Å². The van der Waals surface area contributed by atoms with Crippen molar-refractivity contribution in [2.45, 2.75) is 32.7 Å². The summed E-state index contributed by atoms with van der Waals surface area (Å²) in [6.07, 6.45) is 1.91. The van der Waals surface area contributed by atoms with Crippen molar-refractivity contribution in [2.75, 3.05) is 26.7 Å². The molecule has 4 heteroatoms. The molecule has 0 aromatic heterocycles. The van der Waals surface area contributed by atoms with Crippen molar-refractivity contribution in [1.29, 1.82) is 0 Å². The van der Waals surface area contributed by atoms with E-state index in [2.05, 4.69) is 5.32 Å². The number of likely N-dealkylation sites (N-methyl/N-ethyl adjacent to an activating group) is 1. The topological polar surface area (TPSA) is 58.4 Å². The lowest BCUT2D eigenvalue weighted by atomic mass is 10.2. The summed E-state index contributed by atoms with van der Waals surface area (Å²) in [6, 6.07) is -0.0619. The predicted molar refractivity (Wildman–Crippen MR) is 59.1 cm³/mol. The van der Waals surface area contributed by atoms with Crippen molar-refractivity contribution in [3.8, 4) is 0 Å². The van der Waals surface area contributed by atoms with Crippen molar-refractivity contribution in [1.82, 2.24) is 10.2 Å². The van der Waals surface area contributed by atoms with Crippen molar-refractivity contribution in [3.05, 3.63) is 0 Å². The summed E-state index contributed by atoms with van der Waals surface area (Å²) in [4.78, 5) is 13.5. The zero-order valence-electron chi connectivity index (χ0n) is 9.55. The second kappa shape index (κ2) is 7.76. The van der Waals surface area contributed by atoms with Crippen LogP contribution in [0.5, 0.6) is 0 Å². The third-order valence-electron chi connectivity index (χ3n) is 2.30. The fourth-order valence-electron chi connectivity index (χ4n) is 1.13. The smallest absolute Gasteiger partial charge is 0.237 e. The van der Waals surface area contributed by atoms with E-state index in [0.717, 1.165) is 25.9 Å². The number of nitrogens with two attached hydrogens (primary N) is 1. The van der Waals surface area contributed by atoms with Crippen LogP contribution in [0.2, 0.25) is 0 Å². The molecular formula is C10H23N3O. The molecular weight excluding hydrogens is 178 g/mol. The first-order valence-corrected chi connectivity index (χ1v) is 5.31. The number of hydrogen-bond donors (Lipinski definition) is 2. The highest BCUT2D eigenvalue weighted by molar-refractivity contribution is 5.81. The van der Waals surface area contributed by atoms with Gasteiger partial charge in [-0.25, -0.2) is 0 Å². The maximum absolute atomic E-state index is 11.5. The van der Waals surface area contributed by atoms with E-state index < -0.39 is 0 Å². The van der Waals surface area contributed by atoms with Gasteiger partial charge < -0.3 is 11.1 Å². The lowest BCUT2D eigenvalue weighted by molar-refractivity contribution is -0.125. The van der Waals surface area contributed by atoms with Gasteiger partial charge in [-0.2, -0.15) is 0 Å². The summed E-state index contributed by atoms with van der Waals surface area (Å²) in [5, 5.41) is 2.88. The Bertz CT molecular complexity index is 161. The number of carbonyl (C=O) groups excluding carboxylic acids is 1. The van der Waals surface area contributed by atoms with E-state index in [1.807, 2.05) is 25.8 Å². The van der Waals surface area contributed by atoms with E-state index >= 15 is 0 Å². The second-order valence-corrected chi connectivity index (χ2v) is 3.59. The standard InChI is InChI=1S/C10H23N3O/c1-4-7-12-10(14)9(2)13(3)8-5-6-11/h9H,4-8,11H2,1-3H3,(H,12,14). The van der Waals surface area contributed by atoms with Crippen LogP contribution < -0.4 is 11.1 Å². The first-order chi connectivity index (χ1) is 6.63. The summed E-state index contributed by atoms with van der Waals surface area (Å²) in [5.41, 5.74) is 5.41. The van der Waals surface area contributed by atoms with E-state index in [-0.39, 0.29) is 11.9 Å². The minimum Gasteiger partial charge on any atom is -0.355 e. The minimum atomic E-state index is -0.0619. The van der Waals surface area contributed by atoms with Gasteiger partial charge in [-0.3, -0.25) is 9.69 Å². The molecule has 0 radical (unpaired) electrons. The van der Waals surface area contributed by atoms with Gasteiger partial charge in [0.25, 0.3) is 0 Å². The Balaban J connectivity index is 3.78. The number of carbonyl (C=O) groups is 1. The molecule has 4 nitrogen and oxygen atoms in total. The molecule has 1 amide bonds. The van der Waals surface area contributed by atoms with Crippen LogP contribution in [0.25, 0.3) is 0 Å². The van der Waals surface area contributed by atoms with Gasteiger partial charge >= 0.3 is 0 Å². The highest BCUT2D eigenvalue weighted by atomic mass is 16.2. The average Bonchev–Trinajstić information content (AvgIpc) is 2.21. The zero-order valence-corrected chi connectivity index (χ0v) is 9.55. The van der Waals surface area contributed by atoms with Crippen LogP contribution in [-0.4, -0.2) is 43.5 Å². The Labute approximate surface area is 86.8 Å². The molecule has 0 aliphatic carbocycles. The zero-order chi connectivity index (χ0) is 11.0. The summed E-state index contributed by atoms with van der Waals surface area (Å²) in [7, 11) is 1.95. The van der Waals surface area contributed by atoms with Gasteiger partial charge in [-0.1, -0.05) is 6.92 Å². The molecule has 0 spiro atoms. The summed E-state index contributed by atoms with van der Waals surface area (Å²) in [5.74, 6) is 0.103. The lowest BCUT2D eigenvalue weighted by Gasteiger charge is -2.23. The number of rotatable bonds is 7. The van der Waals surface area contributed by atoms with Crippen LogP contribution in [0.4, 0.5) is 0 Å². The maximum atomic E-state index is 11.5. The Morgan fingerprint density at radius 1 is 1.57 bits per heavy atom. The molecule has 0 aliphatic heterocycles. The molecule has 0 saturated heterocycles. The van der Waals surface area contributed by atoms with Gasteiger partial charge in [0.05, 0.1) is 6.04 Å². The summed E-state index contributed by atoms with van der Waals surface area (Å²) >= 11 is 0. The third-order valence-corrected chi connectivity index (χ3v) is 2.30. The largest absolute Gasteiger partial charge is 0.355 e. The molecule has 0 aromatic rings. The fourth-order valence-corrected chi connectivity index (χ4v) is 1.13. The normalized spacial score (nSPS) is 12.9. The number of nitrogens with one attached hydrogen (secondary N) is 1. The highest BCUT2D eigenvalue weighted by Crippen LogP contribution is 1.96. The third kappa shape index (κ3) is 5.19. The van der Waals surface area contributed by atoms with Crippen LogP contribution >= 0.6 is 0 Å². The summed E-state index contributed by atoms with van der Waals surface area (Å²) in [6.45, 7) is 6.27. The molecule has 0 fully saturated rings. The quantitative estimate of drug-likeness (QED) is 0.618. The summed E-state index contributed by atoms with van der Waals surface area (Å²) < 4.78 is 0. The molecule has 0 rings (SSSR count). The van der Waals surface area contributed by atoms with Crippen LogP contribution in [0, 0.1) is 0 Å². The van der Waals surface area contributed by atoms with Crippen molar-refractivity contribution in [2.24, 2.45) is 5.73 Å².